The van der Waals surface area contributed by atoms with Crippen LogP contribution in [0.25, 0.3) is 22.6 Å². The van der Waals surface area contributed by atoms with E-state index in [0.717, 1.165) is 22.8 Å². The quantitative estimate of drug-likeness (QED) is 0.678. The maximum Gasteiger partial charge on any atom is 0.158 e. The average molecular weight is 278 g/mol. The van der Waals surface area contributed by atoms with Gasteiger partial charge in [0.05, 0.1) is 11.4 Å². The van der Waals surface area contributed by atoms with E-state index < -0.39 is 0 Å². The molecule has 3 nitrogen and oxygen atoms in total. The first-order valence-electron chi connectivity index (χ1n) is 5.42. The molecule has 5 heteroatoms. The van der Waals surface area contributed by atoms with Crippen molar-refractivity contribution in [1.29, 1.82) is 0 Å². The van der Waals surface area contributed by atoms with Gasteiger partial charge >= 0.3 is 0 Å². The van der Waals surface area contributed by atoms with Crippen LogP contribution in [0, 0.1) is 6.92 Å². The molecule has 0 radical (unpaired) electrons. The highest BCUT2D eigenvalue weighted by Crippen LogP contribution is 2.32. The van der Waals surface area contributed by atoms with Crippen LogP contribution in [-0.4, -0.2) is 15.0 Å². The van der Waals surface area contributed by atoms with Gasteiger partial charge in [-0.1, -0.05) is 35.3 Å². The summed E-state index contributed by atoms with van der Waals surface area (Å²) >= 11 is 12.1. The molecular weight excluding hydrogens is 269 g/mol. The van der Waals surface area contributed by atoms with Gasteiger partial charge in [0.15, 0.2) is 5.15 Å². The van der Waals surface area contributed by atoms with Crippen molar-refractivity contribution < 1.29 is 0 Å². The Labute approximate surface area is 114 Å². The van der Waals surface area contributed by atoms with E-state index in [9.17, 15) is 0 Å². The lowest BCUT2D eigenvalue weighted by Gasteiger charge is -2.00. The Morgan fingerprint density at radius 1 is 1.11 bits per heavy atom. The van der Waals surface area contributed by atoms with Gasteiger partial charge in [0.25, 0.3) is 0 Å². The molecule has 2 aliphatic rings. The lowest BCUT2D eigenvalue weighted by atomic mass is 10.1. The number of fused-ring (bicyclic) bond motifs is 1. The summed E-state index contributed by atoms with van der Waals surface area (Å²) < 4.78 is 0. The van der Waals surface area contributed by atoms with Crippen LogP contribution in [0.4, 0.5) is 0 Å². The predicted molar refractivity (Wildman–Crippen MR) is 73.2 cm³/mol. The molecule has 1 aromatic carbocycles. The molecule has 0 spiro atoms. The Morgan fingerprint density at radius 3 is 2.72 bits per heavy atom. The second-order valence-corrected chi connectivity index (χ2v) is 4.82. The molecule has 0 aromatic heterocycles. The number of nitrogens with zero attached hydrogens (tertiary/aromatic N) is 2. The zero-order valence-corrected chi connectivity index (χ0v) is 11.0. The van der Waals surface area contributed by atoms with Crippen molar-refractivity contribution in [3.8, 4) is 22.6 Å². The largest absolute Gasteiger partial charge is 0.342 e. The fraction of sp³-hybridized carbons (Fsp3) is 0.0769. The summed E-state index contributed by atoms with van der Waals surface area (Å²) in [5.74, 6) is 0.762. The van der Waals surface area contributed by atoms with Crippen LogP contribution in [0.2, 0.25) is 10.2 Å². The van der Waals surface area contributed by atoms with E-state index >= 15 is 0 Å². The standard InChI is InChI=1S/C13H9Cl2N3/c1-7-16-11-6-10(18-12(11)13(15)17-7)8-3-2-4-9(14)5-8/h2-6H,1H3,(H,16,17). The highest BCUT2D eigenvalue weighted by molar-refractivity contribution is 6.32. The second-order valence-electron chi connectivity index (χ2n) is 4.03. The van der Waals surface area contributed by atoms with Gasteiger partial charge in [0.2, 0.25) is 0 Å². The molecule has 18 heavy (non-hydrogen) atoms. The predicted octanol–water partition coefficient (Wildman–Crippen LogP) is 4.19. The summed E-state index contributed by atoms with van der Waals surface area (Å²) in [6, 6.07) is 9.50. The van der Waals surface area contributed by atoms with Crippen molar-refractivity contribution in [1.82, 2.24) is 15.0 Å². The van der Waals surface area contributed by atoms with Crippen molar-refractivity contribution in [3.05, 3.63) is 46.3 Å². The number of aromatic nitrogens is 3. The molecule has 3 rings (SSSR count). The van der Waals surface area contributed by atoms with Gasteiger partial charge in [-0.25, -0.2) is 9.97 Å². The van der Waals surface area contributed by atoms with E-state index in [0.29, 0.717) is 15.9 Å². The molecule has 0 unspecified atom stereocenters. The zero-order chi connectivity index (χ0) is 12.7. The first kappa shape index (κ1) is 11.5. The number of aromatic amines is 1. The summed E-state index contributed by atoms with van der Waals surface area (Å²) in [7, 11) is 0. The van der Waals surface area contributed by atoms with Gasteiger partial charge in [-0.3, -0.25) is 0 Å². The number of nitrogens with one attached hydrogen (secondary N) is 1. The van der Waals surface area contributed by atoms with Crippen LogP contribution >= 0.6 is 23.2 Å². The van der Waals surface area contributed by atoms with E-state index in [4.69, 9.17) is 23.2 Å². The van der Waals surface area contributed by atoms with Crippen molar-refractivity contribution in [2.24, 2.45) is 0 Å². The molecule has 0 saturated carbocycles. The molecule has 90 valence electrons. The number of halogens is 2. The molecule has 0 bridgehead atoms. The number of hydrogen-bond acceptors (Lipinski definition) is 2. The van der Waals surface area contributed by atoms with Crippen LogP contribution < -0.4 is 0 Å². The lowest BCUT2D eigenvalue weighted by molar-refractivity contribution is 1.05. The molecule has 2 heterocycles. The Bertz CT molecular complexity index is 691. The van der Waals surface area contributed by atoms with Crippen LogP contribution in [0.15, 0.2) is 30.3 Å². The lowest BCUT2D eigenvalue weighted by Crippen LogP contribution is -1.92. The maximum absolute atomic E-state index is 6.07. The Hall–Kier alpha value is -1.58. The van der Waals surface area contributed by atoms with E-state index in [-0.39, 0.29) is 0 Å². The van der Waals surface area contributed by atoms with Crippen LogP contribution in [0.5, 0.6) is 0 Å². The molecule has 0 aliphatic carbocycles. The molecule has 0 atom stereocenters. The van der Waals surface area contributed by atoms with Crippen molar-refractivity contribution in [2.75, 3.05) is 0 Å². The van der Waals surface area contributed by atoms with Gasteiger partial charge < -0.3 is 4.98 Å². The third kappa shape index (κ3) is 1.96. The number of benzene rings is 1. The summed E-state index contributed by atoms with van der Waals surface area (Å²) in [5, 5.41) is 1.10. The summed E-state index contributed by atoms with van der Waals surface area (Å²) in [6.45, 7) is 1.86. The minimum atomic E-state index is 0.412. The van der Waals surface area contributed by atoms with E-state index in [1.54, 1.807) is 0 Å². The molecule has 0 saturated heterocycles. The fourth-order valence-corrected chi connectivity index (χ4v) is 2.35. The van der Waals surface area contributed by atoms with E-state index in [1.807, 2.05) is 37.3 Å². The minimum absolute atomic E-state index is 0.412. The van der Waals surface area contributed by atoms with Crippen LogP contribution in [0.1, 0.15) is 5.82 Å². The highest BCUT2D eigenvalue weighted by Gasteiger charge is 2.15. The van der Waals surface area contributed by atoms with E-state index in [2.05, 4.69) is 15.0 Å². The topological polar surface area (TPSA) is 41.6 Å². The van der Waals surface area contributed by atoms with E-state index in [1.165, 1.54) is 0 Å². The van der Waals surface area contributed by atoms with Gasteiger partial charge in [-0.2, -0.15) is 0 Å². The number of hydrogen-bond donors (Lipinski definition) is 1. The first-order chi connectivity index (χ1) is 8.63. The average Bonchev–Trinajstić information content (AvgIpc) is 2.73. The summed E-state index contributed by atoms with van der Waals surface area (Å²) in [5.41, 5.74) is 3.35. The van der Waals surface area contributed by atoms with Crippen molar-refractivity contribution in [2.45, 2.75) is 6.92 Å². The SMILES string of the molecule is Cc1nc(Cl)c2nc(-c3cccc(Cl)c3)cc-2[nH]1. The first-order valence-corrected chi connectivity index (χ1v) is 6.18. The van der Waals surface area contributed by atoms with Crippen molar-refractivity contribution in [3.63, 3.8) is 0 Å². The van der Waals surface area contributed by atoms with Gasteiger partial charge in [0.1, 0.15) is 11.5 Å². The molecule has 0 amide bonds. The Balaban J connectivity index is 2.20. The molecule has 2 aliphatic heterocycles. The maximum atomic E-state index is 6.07. The van der Waals surface area contributed by atoms with Gasteiger partial charge in [-0.05, 0) is 25.1 Å². The zero-order valence-electron chi connectivity index (χ0n) is 9.54. The van der Waals surface area contributed by atoms with Gasteiger partial charge in [0, 0.05) is 10.6 Å². The van der Waals surface area contributed by atoms with Crippen molar-refractivity contribution >= 4 is 23.2 Å². The number of rotatable bonds is 1. The molecule has 0 fully saturated rings. The Morgan fingerprint density at radius 2 is 1.94 bits per heavy atom. The number of H-pyrrole nitrogens is 1. The normalized spacial score (nSPS) is 11.1. The molecule has 1 N–H and O–H groups in total. The Kier molecular flexibility index (Phi) is 2.73. The minimum Gasteiger partial charge on any atom is -0.342 e. The summed E-state index contributed by atoms with van der Waals surface area (Å²) in [4.78, 5) is 11.8. The third-order valence-corrected chi connectivity index (χ3v) is 3.16. The number of aryl methyl sites for hydroxylation is 1. The highest BCUT2D eigenvalue weighted by atomic mass is 35.5. The summed E-state index contributed by atoms with van der Waals surface area (Å²) in [6.07, 6.45) is 0. The monoisotopic (exact) mass is 277 g/mol. The smallest absolute Gasteiger partial charge is 0.158 e. The van der Waals surface area contributed by atoms with Crippen LogP contribution in [-0.2, 0) is 0 Å². The van der Waals surface area contributed by atoms with Crippen LogP contribution in [0.3, 0.4) is 0 Å². The third-order valence-electron chi connectivity index (χ3n) is 2.67. The molecular formula is C13H9Cl2N3. The second kappa shape index (κ2) is 4.26. The van der Waals surface area contributed by atoms with Gasteiger partial charge in [-0.15, -0.1) is 0 Å². The fourth-order valence-electron chi connectivity index (χ4n) is 1.89. The molecule has 1 aromatic rings.